The van der Waals surface area contributed by atoms with Gasteiger partial charge >= 0.3 is 0 Å². The molecule has 0 spiro atoms. The van der Waals surface area contributed by atoms with Crippen molar-refractivity contribution in [2.24, 2.45) is 0 Å². The summed E-state index contributed by atoms with van der Waals surface area (Å²) in [5.74, 6) is 0. The van der Waals surface area contributed by atoms with Crippen LogP contribution in [0.4, 0.5) is 8.78 Å². The molecular formula is C16H23F2O2Si. The summed E-state index contributed by atoms with van der Waals surface area (Å²) >= 11 is 0. The predicted octanol–water partition coefficient (Wildman–Crippen LogP) is 4.41. The molecule has 0 saturated carbocycles. The topological polar surface area (TPSA) is 29.5 Å². The molecule has 117 valence electrons. The fourth-order valence-electron chi connectivity index (χ4n) is 2.57. The summed E-state index contributed by atoms with van der Waals surface area (Å²) in [7, 11) is -0.989. The van der Waals surface area contributed by atoms with Gasteiger partial charge in [-0.3, -0.25) is 0 Å². The molecule has 1 N–H and O–H groups in total. The number of hydrogen-bond donors (Lipinski definition) is 1. The van der Waals surface area contributed by atoms with Gasteiger partial charge in [-0.1, -0.05) is 39.0 Å². The summed E-state index contributed by atoms with van der Waals surface area (Å²) in [5.41, 5.74) is 2.18. The molecule has 2 rings (SSSR count). The first-order valence-electron chi connectivity index (χ1n) is 7.30. The Morgan fingerprint density at radius 1 is 1.33 bits per heavy atom. The van der Waals surface area contributed by atoms with Crippen LogP contribution >= 0.6 is 0 Å². The molecule has 1 radical (unpaired) electrons. The van der Waals surface area contributed by atoms with Crippen LogP contribution in [-0.2, 0) is 10.8 Å². The summed E-state index contributed by atoms with van der Waals surface area (Å²) in [6.07, 6.45) is -2.98. The highest BCUT2D eigenvalue weighted by molar-refractivity contribution is 6.53. The average Bonchev–Trinajstić information content (AvgIpc) is 2.80. The smallest absolute Gasteiger partial charge is 0.268 e. The van der Waals surface area contributed by atoms with E-state index >= 15 is 0 Å². The number of halogens is 2. The molecule has 2 unspecified atom stereocenters. The molecule has 1 aliphatic rings. The van der Waals surface area contributed by atoms with Crippen LogP contribution < -0.4 is 0 Å². The van der Waals surface area contributed by atoms with E-state index in [9.17, 15) is 13.9 Å². The lowest BCUT2D eigenvalue weighted by Gasteiger charge is -2.28. The van der Waals surface area contributed by atoms with E-state index in [4.69, 9.17) is 4.43 Å². The fraction of sp³-hybridized carbons (Fsp3) is 0.625. The lowest BCUT2D eigenvalue weighted by Crippen LogP contribution is -2.27. The van der Waals surface area contributed by atoms with E-state index in [0.717, 1.165) is 17.5 Å². The average molecular weight is 313 g/mol. The van der Waals surface area contributed by atoms with Gasteiger partial charge in [-0.2, -0.15) is 0 Å². The van der Waals surface area contributed by atoms with Gasteiger partial charge in [0.25, 0.3) is 6.43 Å². The van der Waals surface area contributed by atoms with Crippen molar-refractivity contribution in [3.8, 4) is 0 Å². The lowest BCUT2D eigenvalue weighted by molar-refractivity contribution is -0.00623. The maximum absolute atomic E-state index is 12.8. The van der Waals surface area contributed by atoms with Crippen molar-refractivity contribution in [1.29, 1.82) is 0 Å². The van der Waals surface area contributed by atoms with Gasteiger partial charge in [0.05, 0.1) is 6.10 Å². The number of alkyl halides is 2. The summed E-state index contributed by atoms with van der Waals surface area (Å²) < 4.78 is 31.8. The van der Waals surface area contributed by atoms with Crippen LogP contribution in [-0.4, -0.2) is 20.6 Å². The molecule has 0 aliphatic heterocycles. The Hall–Kier alpha value is -0.783. The maximum Gasteiger partial charge on any atom is 0.268 e. The Labute approximate surface area is 126 Å². The zero-order chi connectivity index (χ0) is 15.8. The molecule has 0 fully saturated rings. The maximum atomic E-state index is 12.8. The van der Waals surface area contributed by atoms with Crippen molar-refractivity contribution in [1.82, 2.24) is 0 Å². The zero-order valence-corrected chi connectivity index (χ0v) is 14.0. The minimum absolute atomic E-state index is 0.0251. The third-order valence-electron chi connectivity index (χ3n) is 4.18. The van der Waals surface area contributed by atoms with E-state index in [1.165, 1.54) is 0 Å². The van der Waals surface area contributed by atoms with Crippen LogP contribution in [0.5, 0.6) is 0 Å². The van der Waals surface area contributed by atoms with Crippen LogP contribution in [0, 0.1) is 0 Å². The van der Waals surface area contributed by atoms with Crippen molar-refractivity contribution in [2.75, 3.05) is 0 Å². The summed E-state index contributed by atoms with van der Waals surface area (Å²) in [5, 5.41) is 9.81. The van der Waals surface area contributed by atoms with Crippen LogP contribution in [0.3, 0.4) is 0 Å². The van der Waals surface area contributed by atoms with Gasteiger partial charge in [0.15, 0.2) is 0 Å². The van der Waals surface area contributed by atoms with E-state index in [0.29, 0.717) is 12.0 Å². The second kappa shape index (κ2) is 6.14. The molecule has 21 heavy (non-hydrogen) atoms. The molecule has 0 bridgehead atoms. The quantitative estimate of drug-likeness (QED) is 0.834. The van der Waals surface area contributed by atoms with E-state index in [2.05, 4.69) is 27.3 Å². The highest BCUT2D eigenvalue weighted by Gasteiger charge is 2.33. The first-order valence-corrected chi connectivity index (χ1v) is 9.21. The number of hydrogen-bond acceptors (Lipinski definition) is 2. The Bertz CT molecular complexity index is 500. The predicted molar refractivity (Wildman–Crippen MR) is 80.9 cm³/mol. The minimum Gasteiger partial charge on any atom is -0.409 e. The van der Waals surface area contributed by atoms with Crippen molar-refractivity contribution in [3.05, 3.63) is 34.9 Å². The van der Waals surface area contributed by atoms with Crippen LogP contribution in [0.2, 0.25) is 11.6 Å². The van der Waals surface area contributed by atoms with Gasteiger partial charge in [-0.15, -0.1) is 0 Å². The number of aliphatic hydroxyl groups is 1. The Morgan fingerprint density at radius 3 is 2.57 bits per heavy atom. The van der Waals surface area contributed by atoms with Crippen molar-refractivity contribution in [3.63, 3.8) is 0 Å². The molecule has 2 nitrogen and oxygen atoms in total. The Morgan fingerprint density at radius 2 is 2.00 bits per heavy atom. The van der Waals surface area contributed by atoms with Gasteiger partial charge in [0, 0.05) is 0 Å². The molecule has 0 aromatic heterocycles. The van der Waals surface area contributed by atoms with Crippen molar-refractivity contribution < 1.29 is 18.3 Å². The van der Waals surface area contributed by atoms with Gasteiger partial charge in [-0.25, -0.2) is 8.78 Å². The van der Waals surface area contributed by atoms with Gasteiger partial charge in [0.1, 0.15) is 6.10 Å². The highest BCUT2D eigenvalue weighted by atomic mass is 28.3. The van der Waals surface area contributed by atoms with E-state index in [-0.39, 0.29) is 11.1 Å². The fourth-order valence-corrected chi connectivity index (χ4v) is 3.60. The Kier molecular flexibility index (Phi) is 4.85. The van der Waals surface area contributed by atoms with Gasteiger partial charge in [0.2, 0.25) is 9.04 Å². The molecule has 2 atom stereocenters. The van der Waals surface area contributed by atoms with Gasteiger partial charge in [-0.05, 0) is 41.1 Å². The first-order chi connectivity index (χ1) is 9.71. The number of rotatable bonds is 4. The van der Waals surface area contributed by atoms with Gasteiger partial charge < -0.3 is 9.53 Å². The second-order valence-electron chi connectivity index (χ2n) is 6.65. The van der Waals surface area contributed by atoms with Crippen molar-refractivity contribution >= 4 is 9.04 Å². The van der Waals surface area contributed by atoms with E-state index in [1.807, 2.05) is 6.07 Å². The molecule has 5 heteroatoms. The zero-order valence-electron chi connectivity index (χ0n) is 13.0. The molecule has 1 aromatic rings. The largest absolute Gasteiger partial charge is 0.409 e. The summed E-state index contributed by atoms with van der Waals surface area (Å²) in [4.78, 5) is 0. The summed E-state index contributed by atoms with van der Waals surface area (Å²) in [6, 6.07) is 5.27. The van der Waals surface area contributed by atoms with Crippen LogP contribution in [0.15, 0.2) is 18.2 Å². The SMILES string of the molecule is C[Si](OC1CCc2c1cccc2C(O)C(F)F)C(C)(C)C. The Balaban J connectivity index is 2.23. The molecule has 1 aromatic carbocycles. The number of benzene rings is 1. The van der Waals surface area contributed by atoms with Crippen LogP contribution in [0.1, 0.15) is 56.1 Å². The first kappa shape index (κ1) is 16.6. The molecular weight excluding hydrogens is 290 g/mol. The third kappa shape index (κ3) is 3.52. The molecule has 0 saturated heterocycles. The minimum atomic E-state index is -2.75. The number of fused-ring (bicyclic) bond motifs is 1. The van der Waals surface area contributed by atoms with E-state index < -0.39 is 21.6 Å². The normalized spacial score (nSPS) is 20.1. The van der Waals surface area contributed by atoms with Crippen LogP contribution in [0.25, 0.3) is 0 Å². The second-order valence-corrected chi connectivity index (χ2v) is 9.49. The third-order valence-corrected chi connectivity index (χ3v) is 6.93. The highest BCUT2D eigenvalue weighted by Crippen LogP contribution is 2.41. The van der Waals surface area contributed by atoms with E-state index in [1.54, 1.807) is 12.1 Å². The molecule has 0 heterocycles. The summed E-state index contributed by atoms with van der Waals surface area (Å²) in [6.45, 7) is 8.62. The molecule has 0 amide bonds. The van der Waals surface area contributed by atoms with Crippen molar-refractivity contribution in [2.45, 2.75) is 63.8 Å². The standard InChI is InChI=1S/C16H23F2O2Si/c1-16(2,3)21(4)20-13-9-8-10-11(13)6-5-7-12(10)14(19)15(17)18/h5-7,13-15,19H,8-9H2,1-4H3. The lowest BCUT2D eigenvalue weighted by atomic mass is 9.99. The molecule has 1 aliphatic carbocycles. The monoisotopic (exact) mass is 313 g/mol. The number of aliphatic hydroxyl groups excluding tert-OH is 1.